The summed E-state index contributed by atoms with van der Waals surface area (Å²) >= 11 is 0. The molecular formula is C18H12N6. The fourth-order valence-electron chi connectivity index (χ4n) is 2.16. The molecule has 0 fully saturated rings. The van der Waals surface area contributed by atoms with Crippen LogP contribution in [0.4, 0.5) is 0 Å². The monoisotopic (exact) mass is 312 g/mol. The van der Waals surface area contributed by atoms with Crippen LogP contribution in [0, 0.1) is 22.7 Å². The molecule has 0 amide bonds. The lowest BCUT2D eigenvalue weighted by Crippen LogP contribution is -2.07. The fourth-order valence-corrected chi connectivity index (χ4v) is 2.16. The number of benzene rings is 2. The SMILES string of the molecule is N#Cc1ccc(-c2nc(CN)nc(-c3ccc(C#N)cc3)n2)cc1. The second-order valence-corrected chi connectivity index (χ2v) is 4.98. The minimum absolute atomic E-state index is 0.190. The summed E-state index contributed by atoms with van der Waals surface area (Å²) in [7, 11) is 0. The molecule has 0 radical (unpaired) electrons. The van der Waals surface area contributed by atoms with Gasteiger partial charge in [0, 0.05) is 11.1 Å². The Labute approximate surface area is 138 Å². The Morgan fingerprint density at radius 3 is 1.46 bits per heavy atom. The van der Waals surface area contributed by atoms with Crippen LogP contribution in [0.1, 0.15) is 17.0 Å². The fraction of sp³-hybridized carbons (Fsp3) is 0.0556. The highest BCUT2D eigenvalue weighted by Gasteiger charge is 2.10. The van der Waals surface area contributed by atoms with Crippen LogP contribution in [0.2, 0.25) is 0 Å². The quantitative estimate of drug-likeness (QED) is 0.794. The van der Waals surface area contributed by atoms with Crippen LogP contribution in [-0.4, -0.2) is 15.0 Å². The van der Waals surface area contributed by atoms with Crippen molar-refractivity contribution in [2.45, 2.75) is 6.54 Å². The van der Waals surface area contributed by atoms with E-state index < -0.39 is 0 Å². The van der Waals surface area contributed by atoms with E-state index in [4.69, 9.17) is 16.3 Å². The Bertz CT molecular complexity index is 871. The third-order valence-corrected chi connectivity index (χ3v) is 3.41. The topological polar surface area (TPSA) is 112 Å². The molecule has 0 spiro atoms. The first-order chi connectivity index (χ1) is 11.7. The summed E-state index contributed by atoms with van der Waals surface area (Å²) in [6.07, 6.45) is 0. The van der Waals surface area contributed by atoms with Crippen molar-refractivity contribution in [1.29, 1.82) is 10.5 Å². The van der Waals surface area contributed by atoms with E-state index in [1.807, 2.05) is 0 Å². The minimum atomic E-state index is 0.190. The van der Waals surface area contributed by atoms with E-state index in [0.717, 1.165) is 11.1 Å². The molecule has 3 aromatic rings. The molecule has 0 aliphatic heterocycles. The van der Waals surface area contributed by atoms with Gasteiger partial charge in [-0.1, -0.05) is 0 Å². The number of nitrogens with zero attached hydrogens (tertiary/aromatic N) is 5. The van der Waals surface area contributed by atoms with E-state index in [1.54, 1.807) is 48.5 Å². The van der Waals surface area contributed by atoms with Gasteiger partial charge in [0.2, 0.25) is 0 Å². The van der Waals surface area contributed by atoms with Gasteiger partial charge in [-0.3, -0.25) is 0 Å². The number of rotatable bonds is 3. The van der Waals surface area contributed by atoms with Gasteiger partial charge in [-0.2, -0.15) is 10.5 Å². The van der Waals surface area contributed by atoms with Crippen molar-refractivity contribution >= 4 is 0 Å². The van der Waals surface area contributed by atoms with Crippen LogP contribution >= 0.6 is 0 Å². The van der Waals surface area contributed by atoms with Gasteiger partial charge in [-0.25, -0.2) is 15.0 Å². The molecule has 24 heavy (non-hydrogen) atoms. The van der Waals surface area contributed by atoms with Gasteiger partial charge >= 0.3 is 0 Å². The van der Waals surface area contributed by atoms with Crippen LogP contribution in [-0.2, 0) is 6.54 Å². The van der Waals surface area contributed by atoms with Crippen molar-refractivity contribution < 1.29 is 0 Å². The second kappa shape index (κ2) is 6.66. The molecule has 2 aromatic carbocycles. The van der Waals surface area contributed by atoms with Gasteiger partial charge in [0.05, 0.1) is 29.8 Å². The zero-order chi connectivity index (χ0) is 16.9. The lowest BCUT2D eigenvalue weighted by molar-refractivity contribution is 0.886. The largest absolute Gasteiger partial charge is 0.324 e. The Morgan fingerprint density at radius 2 is 1.12 bits per heavy atom. The highest BCUT2D eigenvalue weighted by molar-refractivity contribution is 5.62. The van der Waals surface area contributed by atoms with E-state index in [1.165, 1.54) is 0 Å². The van der Waals surface area contributed by atoms with Crippen LogP contribution in [0.3, 0.4) is 0 Å². The third-order valence-electron chi connectivity index (χ3n) is 3.41. The molecule has 3 rings (SSSR count). The minimum Gasteiger partial charge on any atom is -0.324 e. The molecule has 6 heteroatoms. The molecule has 1 heterocycles. The molecule has 0 saturated carbocycles. The predicted molar refractivity (Wildman–Crippen MR) is 88.0 cm³/mol. The Balaban J connectivity index is 2.07. The zero-order valence-corrected chi connectivity index (χ0v) is 12.6. The average Bonchev–Trinajstić information content (AvgIpc) is 2.67. The Morgan fingerprint density at radius 1 is 0.708 bits per heavy atom. The normalized spacial score (nSPS) is 9.96. The molecule has 0 saturated heterocycles. The second-order valence-electron chi connectivity index (χ2n) is 4.98. The third kappa shape index (κ3) is 3.09. The van der Waals surface area contributed by atoms with Gasteiger partial charge < -0.3 is 5.73 Å². The van der Waals surface area contributed by atoms with Gasteiger partial charge in [-0.15, -0.1) is 0 Å². The van der Waals surface area contributed by atoms with Crippen molar-refractivity contribution in [3.8, 4) is 34.9 Å². The Kier molecular flexibility index (Phi) is 4.24. The highest BCUT2D eigenvalue weighted by atomic mass is 15.0. The maximum Gasteiger partial charge on any atom is 0.163 e. The van der Waals surface area contributed by atoms with E-state index in [-0.39, 0.29) is 6.54 Å². The van der Waals surface area contributed by atoms with E-state index in [9.17, 15) is 0 Å². The summed E-state index contributed by atoms with van der Waals surface area (Å²) in [4.78, 5) is 13.2. The molecule has 114 valence electrons. The number of hydrogen-bond acceptors (Lipinski definition) is 6. The molecule has 0 aliphatic carbocycles. The molecule has 1 aromatic heterocycles. The highest BCUT2D eigenvalue weighted by Crippen LogP contribution is 2.21. The van der Waals surface area contributed by atoms with Gasteiger partial charge in [0.1, 0.15) is 5.82 Å². The van der Waals surface area contributed by atoms with Crippen LogP contribution < -0.4 is 5.73 Å². The van der Waals surface area contributed by atoms with Crippen LogP contribution in [0.5, 0.6) is 0 Å². The number of nitriles is 2. The van der Waals surface area contributed by atoms with Crippen molar-refractivity contribution in [1.82, 2.24) is 15.0 Å². The summed E-state index contributed by atoms with van der Waals surface area (Å²) in [5.74, 6) is 1.47. The molecule has 2 N–H and O–H groups in total. The average molecular weight is 312 g/mol. The molecule has 6 nitrogen and oxygen atoms in total. The summed E-state index contributed by atoms with van der Waals surface area (Å²) < 4.78 is 0. The smallest absolute Gasteiger partial charge is 0.163 e. The van der Waals surface area contributed by atoms with Gasteiger partial charge in [0.15, 0.2) is 11.6 Å². The maximum absolute atomic E-state index is 8.89. The summed E-state index contributed by atoms with van der Waals surface area (Å²) in [6.45, 7) is 0.190. The van der Waals surface area contributed by atoms with Crippen LogP contribution in [0.15, 0.2) is 48.5 Å². The maximum atomic E-state index is 8.89. The van der Waals surface area contributed by atoms with E-state index in [0.29, 0.717) is 28.6 Å². The molecular weight excluding hydrogens is 300 g/mol. The first-order valence-corrected chi connectivity index (χ1v) is 7.19. The van der Waals surface area contributed by atoms with E-state index in [2.05, 4.69) is 27.1 Å². The van der Waals surface area contributed by atoms with Crippen molar-refractivity contribution in [2.24, 2.45) is 5.73 Å². The lowest BCUT2D eigenvalue weighted by atomic mass is 10.1. The predicted octanol–water partition coefficient (Wildman–Crippen LogP) is 2.41. The van der Waals surface area contributed by atoms with Crippen LogP contribution in [0.25, 0.3) is 22.8 Å². The van der Waals surface area contributed by atoms with Crippen molar-refractivity contribution in [3.63, 3.8) is 0 Å². The molecule has 0 unspecified atom stereocenters. The first kappa shape index (κ1) is 15.3. The number of nitrogens with two attached hydrogens (primary N) is 1. The summed E-state index contributed by atoms with van der Waals surface area (Å²) in [5.41, 5.74) is 8.39. The number of aromatic nitrogens is 3. The summed E-state index contributed by atoms with van der Waals surface area (Å²) in [6, 6.07) is 18.2. The molecule has 0 aliphatic rings. The molecule has 0 bridgehead atoms. The number of hydrogen-bond donors (Lipinski definition) is 1. The Hall–Kier alpha value is -3.61. The van der Waals surface area contributed by atoms with Gasteiger partial charge in [-0.05, 0) is 48.5 Å². The standard InChI is InChI=1S/C18H12N6/c19-9-12-1-5-14(6-2-12)17-22-16(11-21)23-18(24-17)15-7-3-13(10-20)4-8-15/h1-8H,11,21H2. The van der Waals surface area contributed by atoms with E-state index >= 15 is 0 Å². The lowest BCUT2D eigenvalue weighted by Gasteiger charge is -2.07. The summed E-state index contributed by atoms with van der Waals surface area (Å²) in [5, 5.41) is 17.8. The van der Waals surface area contributed by atoms with Gasteiger partial charge in [0.25, 0.3) is 0 Å². The zero-order valence-electron chi connectivity index (χ0n) is 12.6. The van der Waals surface area contributed by atoms with Crippen molar-refractivity contribution in [2.75, 3.05) is 0 Å². The first-order valence-electron chi connectivity index (χ1n) is 7.19. The van der Waals surface area contributed by atoms with Crippen molar-refractivity contribution in [3.05, 3.63) is 65.5 Å². The molecule has 0 atom stereocenters.